The van der Waals surface area contributed by atoms with Crippen molar-refractivity contribution in [2.45, 2.75) is 16.6 Å². The van der Waals surface area contributed by atoms with Gasteiger partial charge in [0.15, 0.2) is 0 Å². The zero-order valence-electron chi connectivity index (χ0n) is 11.1. The fourth-order valence-electron chi connectivity index (χ4n) is 2.34. The van der Waals surface area contributed by atoms with Crippen LogP contribution in [0.25, 0.3) is 0 Å². The molecular formula is C16H15NO2S. The van der Waals surface area contributed by atoms with Crippen LogP contribution in [0.2, 0.25) is 0 Å². The summed E-state index contributed by atoms with van der Waals surface area (Å²) < 4.78 is 5.42. The molecule has 3 rings (SSSR count). The van der Waals surface area contributed by atoms with E-state index >= 15 is 0 Å². The number of hydrogen-bond acceptors (Lipinski definition) is 3. The highest BCUT2D eigenvalue weighted by Gasteiger charge is 2.25. The van der Waals surface area contributed by atoms with Crippen molar-refractivity contribution in [1.29, 1.82) is 0 Å². The van der Waals surface area contributed by atoms with E-state index in [1.807, 2.05) is 48.5 Å². The van der Waals surface area contributed by atoms with Crippen LogP contribution in [0.5, 0.6) is 5.75 Å². The van der Waals surface area contributed by atoms with Crippen molar-refractivity contribution >= 4 is 23.4 Å². The van der Waals surface area contributed by atoms with Crippen LogP contribution in [0, 0.1) is 0 Å². The van der Waals surface area contributed by atoms with E-state index in [9.17, 15) is 4.79 Å². The Kier molecular flexibility index (Phi) is 3.65. The number of methoxy groups -OCH3 is 1. The van der Waals surface area contributed by atoms with Crippen LogP contribution in [-0.2, 0) is 4.79 Å². The average molecular weight is 285 g/mol. The Labute approximate surface area is 122 Å². The summed E-state index contributed by atoms with van der Waals surface area (Å²) in [6.07, 6.45) is 0.444. The fourth-order valence-corrected chi connectivity index (χ4v) is 3.61. The summed E-state index contributed by atoms with van der Waals surface area (Å²) in [4.78, 5) is 13.2. The molecule has 0 saturated heterocycles. The summed E-state index contributed by atoms with van der Waals surface area (Å²) in [5.41, 5.74) is 1.95. The van der Waals surface area contributed by atoms with Crippen molar-refractivity contribution in [1.82, 2.24) is 0 Å². The number of benzene rings is 2. The highest BCUT2D eigenvalue weighted by atomic mass is 32.2. The van der Waals surface area contributed by atoms with Gasteiger partial charge in [0.1, 0.15) is 5.75 Å². The molecule has 2 aromatic carbocycles. The molecule has 1 amide bonds. The van der Waals surface area contributed by atoms with E-state index in [1.165, 1.54) is 0 Å². The maximum absolute atomic E-state index is 12.1. The van der Waals surface area contributed by atoms with Gasteiger partial charge in [0.05, 0.1) is 12.8 Å². The van der Waals surface area contributed by atoms with Crippen LogP contribution in [0.3, 0.4) is 0 Å². The number of nitrogens with one attached hydrogen (secondary N) is 1. The monoisotopic (exact) mass is 285 g/mol. The van der Waals surface area contributed by atoms with Crippen molar-refractivity contribution in [2.75, 3.05) is 12.4 Å². The molecule has 0 radical (unpaired) electrons. The second-order valence-electron chi connectivity index (χ2n) is 4.60. The van der Waals surface area contributed by atoms with Gasteiger partial charge in [0.2, 0.25) is 5.91 Å². The van der Waals surface area contributed by atoms with Gasteiger partial charge in [-0.05, 0) is 18.2 Å². The van der Waals surface area contributed by atoms with Gasteiger partial charge in [-0.2, -0.15) is 0 Å². The lowest BCUT2D eigenvalue weighted by molar-refractivity contribution is -0.116. The number of para-hydroxylation sites is 2. The maximum atomic E-state index is 12.1. The average Bonchev–Trinajstić information content (AvgIpc) is 2.65. The summed E-state index contributed by atoms with van der Waals surface area (Å²) in [7, 11) is 1.66. The summed E-state index contributed by atoms with van der Waals surface area (Å²) >= 11 is 1.70. The normalized spacial score (nSPS) is 17.9. The lowest BCUT2D eigenvalue weighted by atomic mass is 10.1. The standard InChI is InChI=1S/C16H15NO2S/c1-19-13-8-4-2-6-11(13)15-10-16(18)17-12-7-3-5-9-14(12)20-15/h2-9,15H,10H2,1H3,(H,17,18)/t15-/m1/s1. The predicted octanol–water partition coefficient (Wildman–Crippen LogP) is 3.87. The van der Waals surface area contributed by atoms with Crippen LogP contribution < -0.4 is 10.1 Å². The summed E-state index contributed by atoms with van der Waals surface area (Å²) in [5.74, 6) is 0.871. The third-order valence-electron chi connectivity index (χ3n) is 3.29. The van der Waals surface area contributed by atoms with Crippen molar-refractivity contribution in [3.05, 3.63) is 54.1 Å². The smallest absolute Gasteiger partial charge is 0.225 e. The number of rotatable bonds is 2. The van der Waals surface area contributed by atoms with Gasteiger partial charge in [-0.25, -0.2) is 0 Å². The molecule has 0 aliphatic carbocycles. The second-order valence-corrected chi connectivity index (χ2v) is 5.84. The minimum absolute atomic E-state index is 0.0401. The van der Waals surface area contributed by atoms with E-state index < -0.39 is 0 Å². The SMILES string of the molecule is COc1ccccc1[C@H]1CC(=O)Nc2ccccc2S1. The highest BCUT2D eigenvalue weighted by molar-refractivity contribution is 7.99. The molecule has 4 heteroatoms. The van der Waals surface area contributed by atoms with Crippen molar-refractivity contribution in [2.24, 2.45) is 0 Å². The Morgan fingerprint density at radius 3 is 2.75 bits per heavy atom. The van der Waals surface area contributed by atoms with Crippen LogP contribution in [0.1, 0.15) is 17.2 Å². The number of hydrogen-bond donors (Lipinski definition) is 1. The maximum Gasteiger partial charge on any atom is 0.225 e. The zero-order valence-corrected chi connectivity index (χ0v) is 11.9. The van der Waals surface area contributed by atoms with Crippen molar-refractivity contribution < 1.29 is 9.53 Å². The molecule has 1 aliphatic rings. The van der Waals surface area contributed by atoms with Gasteiger partial charge in [-0.3, -0.25) is 4.79 Å². The van der Waals surface area contributed by atoms with Crippen LogP contribution in [0.15, 0.2) is 53.4 Å². The Hall–Kier alpha value is -1.94. The number of ether oxygens (including phenoxy) is 1. The molecule has 3 nitrogen and oxygen atoms in total. The molecule has 1 atom stereocenters. The van der Waals surface area contributed by atoms with Gasteiger partial charge in [-0.1, -0.05) is 30.3 Å². The third kappa shape index (κ3) is 2.51. The van der Waals surface area contributed by atoms with E-state index in [0.717, 1.165) is 21.9 Å². The quantitative estimate of drug-likeness (QED) is 0.910. The molecule has 0 spiro atoms. The van der Waals surface area contributed by atoms with E-state index in [2.05, 4.69) is 5.32 Å². The van der Waals surface area contributed by atoms with Crippen molar-refractivity contribution in [3.63, 3.8) is 0 Å². The molecule has 102 valence electrons. The molecule has 1 heterocycles. The molecule has 20 heavy (non-hydrogen) atoms. The van der Waals surface area contributed by atoms with Gasteiger partial charge >= 0.3 is 0 Å². The lowest BCUT2D eigenvalue weighted by Crippen LogP contribution is -2.12. The van der Waals surface area contributed by atoms with Crippen LogP contribution >= 0.6 is 11.8 Å². The third-order valence-corrected chi connectivity index (χ3v) is 4.60. The predicted molar refractivity (Wildman–Crippen MR) is 81.3 cm³/mol. The first-order valence-corrected chi connectivity index (χ1v) is 7.34. The number of anilines is 1. The summed E-state index contributed by atoms with van der Waals surface area (Å²) in [5, 5.41) is 3.02. The Morgan fingerprint density at radius 2 is 1.90 bits per heavy atom. The van der Waals surface area contributed by atoms with Gasteiger partial charge < -0.3 is 10.1 Å². The molecule has 2 aromatic rings. The number of fused-ring (bicyclic) bond motifs is 1. The van der Waals surface area contributed by atoms with Gasteiger partial charge in [0, 0.05) is 22.1 Å². The molecule has 1 N–H and O–H groups in total. The molecule has 0 bridgehead atoms. The minimum Gasteiger partial charge on any atom is -0.496 e. The Bertz CT molecular complexity index is 642. The van der Waals surface area contributed by atoms with Crippen molar-refractivity contribution in [3.8, 4) is 5.75 Å². The second kappa shape index (κ2) is 5.59. The van der Waals surface area contributed by atoms with Gasteiger partial charge in [-0.15, -0.1) is 11.8 Å². The summed E-state index contributed by atoms with van der Waals surface area (Å²) in [6.45, 7) is 0. The first-order chi connectivity index (χ1) is 9.78. The minimum atomic E-state index is 0.0401. The van der Waals surface area contributed by atoms with E-state index in [0.29, 0.717) is 6.42 Å². The molecular weight excluding hydrogens is 270 g/mol. The number of carbonyl (C=O) groups excluding carboxylic acids is 1. The number of thioether (sulfide) groups is 1. The fraction of sp³-hybridized carbons (Fsp3) is 0.188. The molecule has 0 fully saturated rings. The van der Waals surface area contributed by atoms with Gasteiger partial charge in [0.25, 0.3) is 0 Å². The van der Waals surface area contributed by atoms with E-state index in [4.69, 9.17) is 4.74 Å². The first kappa shape index (κ1) is 13.1. The Balaban J connectivity index is 2.00. The zero-order chi connectivity index (χ0) is 13.9. The highest BCUT2D eigenvalue weighted by Crippen LogP contribution is 2.45. The molecule has 0 saturated carbocycles. The molecule has 0 unspecified atom stereocenters. The lowest BCUT2D eigenvalue weighted by Gasteiger charge is -2.16. The largest absolute Gasteiger partial charge is 0.496 e. The molecule has 1 aliphatic heterocycles. The number of amides is 1. The van der Waals surface area contributed by atoms with E-state index in [1.54, 1.807) is 18.9 Å². The topological polar surface area (TPSA) is 38.3 Å². The summed E-state index contributed by atoms with van der Waals surface area (Å²) in [6, 6.07) is 15.8. The Morgan fingerprint density at radius 1 is 1.15 bits per heavy atom. The van der Waals surface area contributed by atoms with Crippen LogP contribution in [-0.4, -0.2) is 13.0 Å². The molecule has 0 aromatic heterocycles. The van der Waals surface area contributed by atoms with E-state index in [-0.39, 0.29) is 11.2 Å². The first-order valence-electron chi connectivity index (χ1n) is 6.46. The van der Waals surface area contributed by atoms with Crippen LogP contribution in [0.4, 0.5) is 5.69 Å². The number of carbonyl (C=O) groups is 1.